The Morgan fingerprint density at radius 3 is 2.58 bits per heavy atom. The van der Waals surface area contributed by atoms with Crippen molar-refractivity contribution in [3.8, 4) is 0 Å². The van der Waals surface area contributed by atoms with Gasteiger partial charge in [0.25, 0.3) is 0 Å². The van der Waals surface area contributed by atoms with Crippen LogP contribution in [-0.2, 0) is 29.2 Å². The summed E-state index contributed by atoms with van der Waals surface area (Å²) in [5.41, 5.74) is -0.902. The molecular weight excluding hydrogens is 582 g/mol. The molecule has 0 aromatic heterocycles. The lowest BCUT2D eigenvalue weighted by molar-refractivity contribution is -0.169. The van der Waals surface area contributed by atoms with E-state index in [-0.39, 0.29) is 27.6 Å². The second-order valence-electron chi connectivity index (χ2n) is 12.7. The number of alkyl halides is 2. The van der Waals surface area contributed by atoms with E-state index < -0.39 is 33.4 Å². The first-order chi connectivity index (χ1) is 18.9. The highest BCUT2D eigenvalue weighted by Crippen LogP contribution is 2.57. The molecule has 0 aromatic rings. The van der Waals surface area contributed by atoms with Crippen LogP contribution >= 0.6 is 23.5 Å². The Balaban J connectivity index is 1.22. The number of carbonyl (C=O) groups is 2. The van der Waals surface area contributed by atoms with Crippen LogP contribution in [-0.4, -0.2) is 59.0 Å². The first kappa shape index (κ1) is 32.3. The van der Waals surface area contributed by atoms with Gasteiger partial charge in [-0.3, -0.25) is 14.1 Å². The second-order valence-corrected chi connectivity index (χ2v) is 17.1. The zero-order valence-corrected chi connectivity index (χ0v) is 25.8. The molecule has 3 aliphatic carbocycles. The molecule has 3 saturated carbocycles. The minimum atomic E-state index is -5.66. The Kier molecular flexibility index (Phi) is 11.2. The van der Waals surface area contributed by atoms with E-state index in [9.17, 15) is 26.8 Å². The van der Waals surface area contributed by atoms with Crippen molar-refractivity contribution in [2.24, 2.45) is 29.1 Å². The van der Waals surface area contributed by atoms with E-state index in [0.29, 0.717) is 38.2 Å². The maximum absolute atomic E-state index is 13.7. The number of thioether (sulfide) groups is 2. The van der Waals surface area contributed by atoms with Crippen LogP contribution in [0.25, 0.3) is 0 Å². The third kappa shape index (κ3) is 8.49. The number of halogens is 2. The number of rotatable bonds is 12. The highest BCUT2D eigenvalue weighted by Gasteiger charge is 2.53. The van der Waals surface area contributed by atoms with Gasteiger partial charge in [0, 0.05) is 17.4 Å². The molecule has 1 heterocycles. The summed E-state index contributed by atoms with van der Waals surface area (Å²) in [5.74, 6) is 1.73. The molecule has 1 aliphatic heterocycles. The lowest BCUT2D eigenvalue weighted by Gasteiger charge is -2.47. The first-order valence-electron chi connectivity index (χ1n) is 14.8. The number of hydrogen-bond donors (Lipinski definition) is 1. The average molecular weight is 627 g/mol. The molecule has 40 heavy (non-hydrogen) atoms. The SMILES string of the molecule is CC(CCC(=O)OCC1CSC(C2CC3CCCC(C(=O)OCC(F)(F)S(=O)(=O)O)(C3)C2)S1)CC1CCCCC1. The zero-order valence-electron chi connectivity index (χ0n) is 23.4. The fourth-order valence-corrected chi connectivity index (χ4v) is 11.0. The van der Waals surface area contributed by atoms with Crippen LogP contribution in [0.5, 0.6) is 0 Å². The van der Waals surface area contributed by atoms with E-state index in [1.54, 1.807) is 23.5 Å². The minimum absolute atomic E-state index is 0.139. The van der Waals surface area contributed by atoms with Crippen LogP contribution in [0.15, 0.2) is 0 Å². The molecule has 4 aliphatic rings. The van der Waals surface area contributed by atoms with Crippen LogP contribution in [0, 0.1) is 29.1 Å². The summed E-state index contributed by atoms with van der Waals surface area (Å²) in [4.78, 5) is 25.5. The van der Waals surface area contributed by atoms with Gasteiger partial charge < -0.3 is 9.47 Å². The van der Waals surface area contributed by atoms with Crippen molar-refractivity contribution >= 4 is 45.6 Å². The number of ether oxygens (including phenoxy) is 2. The van der Waals surface area contributed by atoms with Gasteiger partial charge in [0.1, 0.15) is 6.61 Å². The highest BCUT2D eigenvalue weighted by molar-refractivity contribution is 8.20. The standard InChI is InChI=1S/C28H44F2O7S3/c1-19(12-20-6-3-2-4-7-20)9-10-24(31)36-16-23-17-38-25(39-23)22-13-21-8-5-11-27(14-21,15-22)26(32)37-18-28(29,30)40(33,34)35/h19-23,25H,2-18H2,1H3,(H,33,34,35). The summed E-state index contributed by atoms with van der Waals surface area (Å²) in [5, 5.41) is -4.35. The molecular formula is C28H44F2O7S3. The highest BCUT2D eigenvalue weighted by atomic mass is 32.2. The van der Waals surface area contributed by atoms with Gasteiger partial charge in [0.05, 0.1) is 10.00 Å². The van der Waals surface area contributed by atoms with Crippen LogP contribution in [0.4, 0.5) is 8.78 Å². The third-order valence-corrected chi connectivity index (χ3v) is 13.8. The van der Waals surface area contributed by atoms with Crippen molar-refractivity contribution in [2.75, 3.05) is 19.0 Å². The average Bonchev–Trinajstić information content (AvgIpc) is 3.38. The van der Waals surface area contributed by atoms with E-state index >= 15 is 0 Å². The molecule has 1 N–H and O–H groups in total. The molecule has 0 spiro atoms. The molecule has 6 atom stereocenters. The molecule has 4 fully saturated rings. The summed E-state index contributed by atoms with van der Waals surface area (Å²) >= 11 is 3.58. The fourth-order valence-electron chi connectivity index (χ4n) is 7.28. The van der Waals surface area contributed by atoms with E-state index in [4.69, 9.17) is 14.0 Å². The number of esters is 2. The fraction of sp³-hybridized carbons (Fsp3) is 0.929. The second kappa shape index (κ2) is 13.8. The molecule has 2 bridgehead atoms. The predicted octanol–water partition coefficient (Wildman–Crippen LogP) is 6.70. The normalized spacial score (nSPS) is 32.4. The Morgan fingerprint density at radius 1 is 1.10 bits per heavy atom. The summed E-state index contributed by atoms with van der Waals surface area (Å²) < 4.78 is 68.7. The van der Waals surface area contributed by atoms with E-state index in [1.807, 2.05) is 0 Å². The van der Waals surface area contributed by atoms with Gasteiger partial charge >= 0.3 is 27.3 Å². The molecule has 0 aromatic carbocycles. The molecule has 0 amide bonds. The lowest BCUT2D eigenvalue weighted by atomic mass is 9.59. The van der Waals surface area contributed by atoms with E-state index in [0.717, 1.165) is 37.4 Å². The number of fused-ring (bicyclic) bond motifs is 2. The number of carbonyl (C=O) groups excluding carboxylic acids is 2. The lowest BCUT2D eigenvalue weighted by Crippen LogP contribution is -2.46. The predicted molar refractivity (Wildman–Crippen MR) is 153 cm³/mol. The van der Waals surface area contributed by atoms with Crippen LogP contribution < -0.4 is 0 Å². The molecule has 4 rings (SSSR count). The van der Waals surface area contributed by atoms with Crippen molar-refractivity contribution in [3.05, 3.63) is 0 Å². The van der Waals surface area contributed by atoms with Crippen molar-refractivity contribution in [1.82, 2.24) is 0 Å². The molecule has 7 nitrogen and oxygen atoms in total. The quantitative estimate of drug-likeness (QED) is 0.187. The van der Waals surface area contributed by atoms with Crippen molar-refractivity contribution in [2.45, 2.75) is 112 Å². The maximum atomic E-state index is 13.7. The van der Waals surface area contributed by atoms with Gasteiger partial charge in [0.15, 0.2) is 6.61 Å². The van der Waals surface area contributed by atoms with Gasteiger partial charge in [-0.25, -0.2) is 0 Å². The molecule has 1 saturated heterocycles. The van der Waals surface area contributed by atoms with Crippen molar-refractivity contribution in [1.29, 1.82) is 0 Å². The summed E-state index contributed by atoms with van der Waals surface area (Å²) in [6.07, 6.45) is 13.5. The Morgan fingerprint density at radius 2 is 1.85 bits per heavy atom. The largest absolute Gasteiger partial charge is 0.464 e. The topological polar surface area (TPSA) is 107 Å². The molecule has 12 heteroatoms. The Hall–Kier alpha value is -0.590. The zero-order chi connectivity index (χ0) is 29.0. The smallest absolute Gasteiger partial charge is 0.402 e. The monoisotopic (exact) mass is 626 g/mol. The first-order valence-corrected chi connectivity index (χ1v) is 18.2. The third-order valence-electron chi connectivity index (χ3n) is 9.31. The minimum Gasteiger partial charge on any atom is -0.464 e. The summed E-state index contributed by atoms with van der Waals surface area (Å²) in [6, 6.07) is 0. The number of hydrogen-bond acceptors (Lipinski definition) is 8. The van der Waals surface area contributed by atoms with Crippen LogP contribution in [0.1, 0.15) is 96.8 Å². The van der Waals surface area contributed by atoms with Crippen LogP contribution in [0.3, 0.4) is 0 Å². The van der Waals surface area contributed by atoms with Gasteiger partial charge in [-0.1, -0.05) is 51.9 Å². The van der Waals surface area contributed by atoms with Gasteiger partial charge in [-0.2, -0.15) is 17.2 Å². The van der Waals surface area contributed by atoms with Gasteiger partial charge in [-0.05, 0) is 62.2 Å². The van der Waals surface area contributed by atoms with Crippen molar-refractivity contribution in [3.63, 3.8) is 0 Å². The van der Waals surface area contributed by atoms with Gasteiger partial charge in [0.2, 0.25) is 0 Å². The maximum Gasteiger partial charge on any atom is 0.402 e. The Labute approximate surface area is 245 Å². The van der Waals surface area contributed by atoms with Crippen molar-refractivity contribution < 1.29 is 40.8 Å². The summed E-state index contributed by atoms with van der Waals surface area (Å²) in [6.45, 7) is 0.928. The molecule has 230 valence electrons. The Bertz CT molecular complexity index is 988. The van der Waals surface area contributed by atoms with Gasteiger partial charge in [-0.15, -0.1) is 23.5 Å². The van der Waals surface area contributed by atoms with E-state index in [2.05, 4.69) is 6.92 Å². The van der Waals surface area contributed by atoms with Crippen LogP contribution in [0.2, 0.25) is 0 Å². The molecule has 6 unspecified atom stereocenters. The summed E-state index contributed by atoms with van der Waals surface area (Å²) in [7, 11) is -5.66. The molecule has 0 radical (unpaired) electrons. The van der Waals surface area contributed by atoms with E-state index in [1.165, 1.54) is 38.5 Å².